The summed E-state index contributed by atoms with van der Waals surface area (Å²) in [6.07, 6.45) is 4.29. The van der Waals surface area contributed by atoms with Crippen LogP contribution in [0.5, 0.6) is 0 Å². The Balaban J connectivity index is 2.09. The van der Waals surface area contributed by atoms with Gasteiger partial charge in [-0.1, -0.05) is 31.0 Å². The van der Waals surface area contributed by atoms with Crippen LogP contribution in [0.15, 0.2) is 30.3 Å². The normalized spacial score (nSPS) is 26.3. The maximum absolute atomic E-state index is 9.96. The van der Waals surface area contributed by atoms with Gasteiger partial charge in [-0.2, -0.15) is 0 Å². The molecule has 15 heavy (non-hydrogen) atoms. The fourth-order valence-electron chi connectivity index (χ4n) is 2.40. The number of benzene rings is 1. The minimum Gasteiger partial charge on any atom is -0.391 e. The van der Waals surface area contributed by atoms with E-state index in [1.54, 1.807) is 0 Å². The zero-order valence-electron chi connectivity index (χ0n) is 9.26. The van der Waals surface area contributed by atoms with Crippen molar-refractivity contribution in [3.05, 3.63) is 30.3 Å². The fourth-order valence-corrected chi connectivity index (χ4v) is 2.40. The Morgan fingerprint density at radius 1 is 1.13 bits per heavy atom. The van der Waals surface area contributed by atoms with E-state index in [0.29, 0.717) is 6.04 Å². The molecule has 1 N–H and O–H groups in total. The zero-order chi connectivity index (χ0) is 10.7. The molecule has 2 atom stereocenters. The third kappa shape index (κ3) is 2.32. The second-order valence-corrected chi connectivity index (χ2v) is 4.37. The van der Waals surface area contributed by atoms with Crippen LogP contribution in [-0.2, 0) is 0 Å². The summed E-state index contributed by atoms with van der Waals surface area (Å²) in [5.41, 5.74) is 1.20. The van der Waals surface area contributed by atoms with Crippen LogP contribution < -0.4 is 4.90 Å². The van der Waals surface area contributed by atoms with Crippen LogP contribution in [0.2, 0.25) is 0 Å². The molecule has 1 saturated carbocycles. The SMILES string of the molecule is CN(c1ccccc1)[C@@H]1CCCC[C@H]1O. The van der Waals surface area contributed by atoms with Crippen molar-refractivity contribution in [3.8, 4) is 0 Å². The summed E-state index contributed by atoms with van der Waals surface area (Å²) in [4.78, 5) is 2.21. The predicted molar refractivity (Wildman–Crippen MR) is 63.1 cm³/mol. The van der Waals surface area contributed by atoms with Gasteiger partial charge in [-0.05, 0) is 25.0 Å². The largest absolute Gasteiger partial charge is 0.391 e. The first-order valence-corrected chi connectivity index (χ1v) is 5.75. The van der Waals surface area contributed by atoms with Crippen molar-refractivity contribution >= 4 is 5.69 Å². The molecule has 1 aromatic rings. The third-order valence-electron chi connectivity index (χ3n) is 3.35. The molecule has 1 aliphatic carbocycles. The van der Waals surface area contributed by atoms with E-state index < -0.39 is 0 Å². The van der Waals surface area contributed by atoms with Crippen molar-refractivity contribution in [1.82, 2.24) is 0 Å². The number of para-hydroxylation sites is 1. The monoisotopic (exact) mass is 205 g/mol. The molecule has 0 aromatic heterocycles. The number of aliphatic hydroxyl groups excluding tert-OH is 1. The quantitative estimate of drug-likeness (QED) is 0.801. The number of hydrogen-bond acceptors (Lipinski definition) is 2. The van der Waals surface area contributed by atoms with Gasteiger partial charge in [0.25, 0.3) is 0 Å². The van der Waals surface area contributed by atoms with E-state index in [4.69, 9.17) is 0 Å². The molecule has 82 valence electrons. The second kappa shape index (κ2) is 4.67. The first-order chi connectivity index (χ1) is 7.29. The molecule has 0 radical (unpaired) electrons. The van der Waals surface area contributed by atoms with Gasteiger partial charge < -0.3 is 10.0 Å². The molecule has 0 unspecified atom stereocenters. The minimum atomic E-state index is -0.163. The highest BCUT2D eigenvalue weighted by Gasteiger charge is 2.26. The molecule has 0 saturated heterocycles. The molecule has 2 heteroatoms. The first-order valence-electron chi connectivity index (χ1n) is 5.75. The lowest BCUT2D eigenvalue weighted by Gasteiger charge is -2.36. The van der Waals surface area contributed by atoms with Crippen LogP contribution in [0.4, 0.5) is 5.69 Å². The van der Waals surface area contributed by atoms with E-state index in [9.17, 15) is 5.11 Å². The number of nitrogens with zero attached hydrogens (tertiary/aromatic N) is 1. The summed E-state index contributed by atoms with van der Waals surface area (Å²) < 4.78 is 0. The van der Waals surface area contributed by atoms with E-state index in [0.717, 1.165) is 12.8 Å². The number of hydrogen-bond donors (Lipinski definition) is 1. The van der Waals surface area contributed by atoms with Crippen molar-refractivity contribution < 1.29 is 5.11 Å². The van der Waals surface area contributed by atoms with Gasteiger partial charge in [0.1, 0.15) is 0 Å². The Bertz CT molecular complexity index is 299. The average Bonchev–Trinajstić information content (AvgIpc) is 2.30. The molecule has 2 rings (SSSR count). The second-order valence-electron chi connectivity index (χ2n) is 4.37. The van der Waals surface area contributed by atoms with Crippen LogP contribution in [0.3, 0.4) is 0 Å². The van der Waals surface area contributed by atoms with Crippen LogP contribution in [0, 0.1) is 0 Å². The van der Waals surface area contributed by atoms with Gasteiger partial charge in [0.15, 0.2) is 0 Å². The lowest BCUT2D eigenvalue weighted by molar-refractivity contribution is 0.106. The topological polar surface area (TPSA) is 23.5 Å². The smallest absolute Gasteiger partial charge is 0.0743 e. The highest BCUT2D eigenvalue weighted by molar-refractivity contribution is 5.46. The Morgan fingerprint density at radius 3 is 2.47 bits per heavy atom. The molecule has 0 bridgehead atoms. The van der Waals surface area contributed by atoms with Crippen LogP contribution in [0.25, 0.3) is 0 Å². The standard InChI is InChI=1S/C13H19NO/c1-14(11-7-3-2-4-8-11)12-9-5-6-10-13(12)15/h2-4,7-8,12-13,15H,5-6,9-10H2,1H3/t12-,13-/m1/s1. The van der Waals surface area contributed by atoms with Crippen molar-refractivity contribution in [2.24, 2.45) is 0 Å². The van der Waals surface area contributed by atoms with Gasteiger partial charge in [-0.15, -0.1) is 0 Å². The van der Waals surface area contributed by atoms with Crippen molar-refractivity contribution in [1.29, 1.82) is 0 Å². The molecule has 0 spiro atoms. The Labute approximate surface area is 91.5 Å². The predicted octanol–water partition coefficient (Wildman–Crippen LogP) is 2.43. The maximum Gasteiger partial charge on any atom is 0.0743 e. The average molecular weight is 205 g/mol. The number of likely N-dealkylation sites (N-methyl/N-ethyl adjacent to an activating group) is 1. The van der Waals surface area contributed by atoms with Gasteiger partial charge in [0, 0.05) is 12.7 Å². The van der Waals surface area contributed by atoms with Crippen molar-refractivity contribution in [3.63, 3.8) is 0 Å². The summed E-state index contributed by atoms with van der Waals surface area (Å²) >= 11 is 0. The summed E-state index contributed by atoms with van der Waals surface area (Å²) in [6.45, 7) is 0. The Kier molecular flexibility index (Phi) is 3.27. The lowest BCUT2D eigenvalue weighted by Crippen LogP contribution is -2.43. The van der Waals surface area contributed by atoms with Crippen LogP contribution in [-0.4, -0.2) is 24.3 Å². The molecule has 0 heterocycles. The van der Waals surface area contributed by atoms with E-state index in [-0.39, 0.29) is 6.10 Å². The van der Waals surface area contributed by atoms with E-state index in [1.807, 2.05) is 18.2 Å². The molecular weight excluding hydrogens is 186 g/mol. The molecule has 1 aliphatic rings. The fraction of sp³-hybridized carbons (Fsp3) is 0.538. The van der Waals surface area contributed by atoms with Gasteiger partial charge in [0.2, 0.25) is 0 Å². The lowest BCUT2D eigenvalue weighted by atomic mass is 9.91. The van der Waals surface area contributed by atoms with Gasteiger partial charge in [-0.3, -0.25) is 0 Å². The summed E-state index contributed by atoms with van der Waals surface area (Å²) in [5.74, 6) is 0. The molecule has 1 aromatic carbocycles. The summed E-state index contributed by atoms with van der Waals surface area (Å²) in [7, 11) is 2.08. The molecule has 0 aliphatic heterocycles. The van der Waals surface area contributed by atoms with E-state index in [2.05, 4.69) is 24.1 Å². The van der Waals surface area contributed by atoms with Gasteiger partial charge in [-0.25, -0.2) is 0 Å². The van der Waals surface area contributed by atoms with Crippen molar-refractivity contribution in [2.75, 3.05) is 11.9 Å². The van der Waals surface area contributed by atoms with Crippen LogP contribution >= 0.6 is 0 Å². The first kappa shape index (κ1) is 10.5. The molecular formula is C13H19NO. The minimum absolute atomic E-state index is 0.163. The van der Waals surface area contributed by atoms with E-state index in [1.165, 1.54) is 18.5 Å². The molecule has 0 amide bonds. The van der Waals surface area contributed by atoms with Crippen LogP contribution in [0.1, 0.15) is 25.7 Å². The molecule has 1 fully saturated rings. The number of anilines is 1. The van der Waals surface area contributed by atoms with E-state index >= 15 is 0 Å². The Morgan fingerprint density at radius 2 is 1.80 bits per heavy atom. The highest BCUT2D eigenvalue weighted by atomic mass is 16.3. The summed E-state index contributed by atoms with van der Waals surface area (Å²) in [5, 5.41) is 9.96. The summed E-state index contributed by atoms with van der Waals surface area (Å²) in [6, 6.07) is 10.6. The van der Waals surface area contributed by atoms with Crippen molar-refractivity contribution in [2.45, 2.75) is 37.8 Å². The number of rotatable bonds is 2. The Hall–Kier alpha value is -1.02. The highest BCUT2D eigenvalue weighted by Crippen LogP contribution is 2.26. The van der Waals surface area contributed by atoms with Gasteiger partial charge in [0.05, 0.1) is 12.1 Å². The maximum atomic E-state index is 9.96. The number of aliphatic hydroxyl groups is 1. The molecule has 2 nitrogen and oxygen atoms in total. The van der Waals surface area contributed by atoms with Gasteiger partial charge >= 0.3 is 0 Å². The zero-order valence-corrected chi connectivity index (χ0v) is 9.26. The third-order valence-corrected chi connectivity index (χ3v) is 3.35.